The molecule has 0 aliphatic rings. The first-order chi connectivity index (χ1) is 9.33. The van der Waals surface area contributed by atoms with Gasteiger partial charge in [0.2, 0.25) is 0 Å². The molecule has 0 aliphatic heterocycles. The molecule has 2 aromatic rings. The number of aliphatic hydroxyl groups is 1. The zero-order chi connectivity index (χ0) is 13.5. The van der Waals surface area contributed by atoms with E-state index in [-0.39, 0.29) is 6.61 Å². The average molecular weight is 263 g/mol. The zero-order valence-electron chi connectivity index (χ0n) is 10.8. The van der Waals surface area contributed by atoms with Gasteiger partial charge in [0.15, 0.2) is 0 Å². The Bertz CT molecular complexity index is 487. The number of aromatic nitrogens is 3. The predicted octanol–water partition coefficient (Wildman–Crippen LogP) is 0.964. The summed E-state index contributed by atoms with van der Waals surface area (Å²) in [5.74, 6) is 0. The van der Waals surface area contributed by atoms with E-state index in [0.29, 0.717) is 18.9 Å². The summed E-state index contributed by atoms with van der Waals surface area (Å²) in [6, 6.07) is 9.53. The third-order valence-electron chi connectivity index (χ3n) is 2.63. The van der Waals surface area contributed by atoms with Crippen LogP contribution in [-0.2, 0) is 9.47 Å². The van der Waals surface area contributed by atoms with E-state index in [1.165, 1.54) is 6.20 Å². The van der Waals surface area contributed by atoms with Crippen molar-refractivity contribution in [1.29, 1.82) is 0 Å². The highest BCUT2D eigenvalue weighted by atomic mass is 16.5. The normalized spacial score (nSPS) is 12.5. The van der Waals surface area contributed by atoms with Crippen LogP contribution in [-0.4, -0.2) is 47.0 Å². The molecule has 0 bridgehead atoms. The van der Waals surface area contributed by atoms with Gasteiger partial charge in [-0.3, -0.25) is 0 Å². The quantitative estimate of drug-likeness (QED) is 0.754. The number of aliphatic hydroxyl groups excluding tert-OH is 1. The molecule has 0 saturated carbocycles. The molecule has 19 heavy (non-hydrogen) atoms. The predicted molar refractivity (Wildman–Crippen MR) is 69.0 cm³/mol. The third kappa shape index (κ3) is 3.60. The summed E-state index contributed by atoms with van der Waals surface area (Å²) in [6.45, 7) is 1.13. The summed E-state index contributed by atoms with van der Waals surface area (Å²) in [7, 11) is 1.61. The van der Waals surface area contributed by atoms with E-state index in [2.05, 4.69) is 10.3 Å². The van der Waals surface area contributed by atoms with E-state index in [1.54, 1.807) is 11.8 Å². The van der Waals surface area contributed by atoms with Crippen molar-refractivity contribution in [1.82, 2.24) is 15.0 Å². The Hall–Kier alpha value is -1.76. The molecule has 0 radical (unpaired) electrons. The van der Waals surface area contributed by atoms with Gasteiger partial charge in [0.1, 0.15) is 6.10 Å². The first-order valence-electron chi connectivity index (χ1n) is 6.03. The van der Waals surface area contributed by atoms with Crippen molar-refractivity contribution in [2.24, 2.45) is 0 Å². The molecule has 1 atom stereocenters. The molecule has 6 nitrogen and oxygen atoms in total. The molecule has 102 valence electrons. The molecule has 0 saturated heterocycles. The highest BCUT2D eigenvalue weighted by Crippen LogP contribution is 2.16. The molecule has 1 heterocycles. The molecule has 0 amide bonds. The number of hydrogen-bond acceptors (Lipinski definition) is 5. The van der Waals surface area contributed by atoms with Crippen LogP contribution in [0.2, 0.25) is 0 Å². The van der Waals surface area contributed by atoms with E-state index in [1.807, 2.05) is 30.3 Å². The van der Waals surface area contributed by atoms with Gasteiger partial charge in [0.25, 0.3) is 0 Å². The zero-order valence-corrected chi connectivity index (χ0v) is 10.8. The SMILES string of the molecule is COCCOCC(O)c1cnnn1-c1ccccc1. The fourth-order valence-electron chi connectivity index (χ4n) is 1.66. The van der Waals surface area contributed by atoms with Gasteiger partial charge in [-0.15, -0.1) is 5.10 Å². The lowest BCUT2D eigenvalue weighted by atomic mass is 10.2. The highest BCUT2D eigenvalue weighted by Gasteiger charge is 2.15. The molecule has 0 fully saturated rings. The van der Waals surface area contributed by atoms with Crippen LogP contribution in [0.3, 0.4) is 0 Å². The molecular weight excluding hydrogens is 246 g/mol. The largest absolute Gasteiger partial charge is 0.384 e. The van der Waals surface area contributed by atoms with Gasteiger partial charge in [-0.2, -0.15) is 0 Å². The van der Waals surface area contributed by atoms with Crippen LogP contribution >= 0.6 is 0 Å². The maximum absolute atomic E-state index is 10.1. The molecule has 0 aliphatic carbocycles. The summed E-state index contributed by atoms with van der Waals surface area (Å²) in [4.78, 5) is 0. The van der Waals surface area contributed by atoms with Crippen molar-refractivity contribution in [2.45, 2.75) is 6.10 Å². The highest BCUT2D eigenvalue weighted by molar-refractivity contribution is 5.31. The minimum absolute atomic E-state index is 0.184. The first-order valence-corrected chi connectivity index (χ1v) is 6.03. The Morgan fingerprint density at radius 2 is 2.05 bits per heavy atom. The average Bonchev–Trinajstić information content (AvgIpc) is 2.94. The van der Waals surface area contributed by atoms with Gasteiger partial charge in [-0.05, 0) is 12.1 Å². The van der Waals surface area contributed by atoms with Crippen molar-refractivity contribution in [3.05, 3.63) is 42.2 Å². The number of benzene rings is 1. The van der Waals surface area contributed by atoms with Crippen molar-refractivity contribution < 1.29 is 14.6 Å². The van der Waals surface area contributed by atoms with E-state index in [9.17, 15) is 5.11 Å². The van der Waals surface area contributed by atoms with Crippen molar-refractivity contribution in [2.75, 3.05) is 26.9 Å². The van der Waals surface area contributed by atoms with E-state index < -0.39 is 6.10 Å². The van der Waals surface area contributed by atoms with E-state index in [0.717, 1.165) is 5.69 Å². The molecule has 1 aromatic heterocycles. The number of hydrogen-bond donors (Lipinski definition) is 1. The third-order valence-corrected chi connectivity index (χ3v) is 2.63. The van der Waals surface area contributed by atoms with Gasteiger partial charge in [0.05, 0.1) is 37.4 Å². The lowest BCUT2D eigenvalue weighted by Gasteiger charge is -2.12. The topological polar surface area (TPSA) is 69.4 Å². The summed E-state index contributed by atoms with van der Waals surface area (Å²) in [6.07, 6.45) is 0.768. The van der Waals surface area contributed by atoms with Crippen LogP contribution in [0.15, 0.2) is 36.5 Å². The fourth-order valence-corrected chi connectivity index (χ4v) is 1.66. The Labute approximate surface area is 111 Å². The van der Waals surface area contributed by atoms with Gasteiger partial charge in [-0.1, -0.05) is 23.4 Å². The van der Waals surface area contributed by atoms with Gasteiger partial charge in [-0.25, -0.2) is 4.68 Å². The van der Waals surface area contributed by atoms with Crippen LogP contribution in [0, 0.1) is 0 Å². The van der Waals surface area contributed by atoms with Crippen LogP contribution in [0.1, 0.15) is 11.8 Å². The van der Waals surface area contributed by atoms with Crippen molar-refractivity contribution in [3.8, 4) is 5.69 Å². The molecular formula is C13H17N3O3. The second-order valence-electron chi connectivity index (χ2n) is 3.99. The Morgan fingerprint density at radius 1 is 1.26 bits per heavy atom. The number of methoxy groups -OCH3 is 1. The number of nitrogens with zero attached hydrogens (tertiary/aromatic N) is 3. The monoisotopic (exact) mass is 263 g/mol. The van der Waals surface area contributed by atoms with Crippen molar-refractivity contribution >= 4 is 0 Å². The minimum atomic E-state index is -0.771. The van der Waals surface area contributed by atoms with E-state index >= 15 is 0 Å². The molecule has 1 aromatic carbocycles. The fraction of sp³-hybridized carbons (Fsp3) is 0.385. The standard InChI is InChI=1S/C13H17N3O3/c1-18-7-8-19-10-13(17)12-9-14-15-16(12)11-5-3-2-4-6-11/h2-6,9,13,17H,7-8,10H2,1H3. The van der Waals surface area contributed by atoms with Crippen molar-refractivity contribution in [3.63, 3.8) is 0 Å². The smallest absolute Gasteiger partial charge is 0.121 e. The summed E-state index contributed by atoms with van der Waals surface area (Å²) < 4.78 is 11.8. The first kappa shape index (κ1) is 13.7. The Kier molecular flexibility index (Phi) is 5.02. The minimum Gasteiger partial charge on any atom is -0.384 e. The van der Waals surface area contributed by atoms with Gasteiger partial charge >= 0.3 is 0 Å². The van der Waals surface area contributed by atoms with E-state index in [4.69, 9.17) is 9.47 Å². The number of ether oxygens (including phenoxy) is 2. The van der Waals surface area contributed by atoms with Gasteiger partial charge in [0, 0.05) is 7.11 Å². The van der Waals surface area contributed by atoms with Crippen LogP contribution < -0.4 is 0 Å². The maximum atomic E-state index is 10.1. The molecule has 1 unspecified atom stereocenters. The lowest BCUT2D eigenvalue weighted by molar-refractivity contribution is 0.0102. The Morgan fingerprint density at radius 3 is 2.79 bits per heavy atom. The second kappa shape index (κ2) is 6.98. The lowest BCUT2D eigenvalue weighted by Crippen LogP contribution is -2.14. The van der Waals surface area contributed by atoms with Gasteiger partial charge < -0.3 is 14.6 Å². The number of para-hydroxylation sites is 1. The molecule has 6 heteroatoms. The number of rotatable bonds is 7. The summed E-state index contributed by atoms with van der Waals surface area (Å²) >= 11 is 0. The molecule has 2 rings (SSSR count). The molecule has 1 N–H and O–H groups in total. The van der Waals surface area contributed by atoms with Crippen LogP contribution in [0.4, 0.5) is 0 Å². The summed E-state index contributed by atoms with van der Waals surface area (Å²) in [5.41, 5.74) is 1.45. The maximum Gasteiger partial charge on any atom is 0.121 e. The summed E-state index contributed by atoms with van der Waals surface area (Å²) in [5, 5.41) is 17.9. The molecule has 0 spiro atoms. The van der Waals surface area contributed by atoms with Crippen LogP contribution in [0.25, 0.3) is 5.69 Å². The second-order valence-corrected chi connectivity index (χ2v) is 3.99. The van der Waals surface area contributed by atoms with Crippen LogP contribution in [0.5, 0.6) is 0 Å². The Balaban J connectivity index is 2.03.